The molecule has 1 aromatic heterocycles. The van der Waals surface area contributed by atoms with Crippen LogP contribution in [0.15, 0.2) is 100 Å². The second-order valence-corrected chi connectivity index (χ2v) is 11.1. The van der Waals surface area contributed by atoms with Gasteiger partial charge in [0, 0.05) is 17.1 Å². The highest BCUT2D eigenvalue weighted by Crippen LogP contribution is 2.53. The normalized spacial score (nSPS) is 17.5. The first-order chi connectivity index (χ1) is 19.8. The Balaban J connectivity index is 1.52. The van der Waals surface area contributed by atoms with Crippen LogP contribution in [0.1, 0.15) is 43.9 Å². The van der Waals surface area contributed by atoms with Crippen molar-refractivity contribution in [1.29, 1.82) is 0 Å². The zero-order valence-electron chi connectivity index (χ0n) is 22.5. The molecular weight excluding hydrogens is 536 g/mol. The molecule has 202 valence electrons. The van der Waals surface area contributed by atoms with E-state index in [9.17, 15) is 14.4 Å². The van der Waals surface area contributed by atoms with Gasteiger partial charge in [0.15, 0.2) is 11.0 Å². The van der Waals surface area contributed by atoms with Crippen molar-refractivity contribution in [3.63, 3.8) is 0 Å². The van der Waals surface area contributed by atoms with Crippen LogP contribution in [-0.4, -0.2) is 16.7 Å². The Hall–Kier alpha value is -4.68. The average Bonchev–Trinajstić information content (AvgIpc) is 3.36. The van der Waals surface area contributed by atoms with Crippen LogP contribution in [0.25, 0.3) is 11.0 Å². The fourth-order valence-electron chi connectivity index (χ4n) is 6.18. The number of hydrogen-bond acceptors (Lipinski definition) is 4. The molecule has 0 fully saturated rings. The van der Waals surface area contributed by atoms with E-state index in [4.69, 9.17) is 16.0 Å². The van der Waals surface area contributed by atoms with Crippen LogP contribution in [0.3, 0.4) is 0 Å². The molecule has 2 amide bonds. The standard InChI is InChI=1S/C34H25ClN2O4/c1-20-11-13-22(14-12-20)18-37-32(39)31-29(30(38)25-17-24(35)15-16-28(25)41-31)34(37)26-9-5-6-10-27(26)36(33(34)40)19-23-8-4-3-7-21(23)2/h3-17H,18-19H2,1-2H3. The van der Waals surface area contributed by atoms with E-state index < -0.39 is 16.9 Å². The van der Waals surface area contributed by atoms with Gasteiger partial charge in [0.05, 0.1) is 23.2 Å². The summed E-state index contributed by atoms with van der Waals surface area (Å²) in [6, 6.07) is 27.8. The molecule has 6 nitrogen and oxygen atoms in total. The second-order valence-electron chi connectivity index (χ2n) is 10.7. The monoisotopic (exact) mass is 560 g/mol. The summed E-state index contributed by atoms with van der Waals surface area (Å²) in [7, 11) is 0. The molecule has 5 aromatic rings. The van der Waals surface area contributed by atoms with E-state index in [1.807, 2.05) is 86.6 Å². The summed E-state index contributed by atoms with van der Waals surface area (Å²) in [5.74, 6) is -0.983. The summed E-state index contributed by atoms with van der Waals surface area (Å²) >= 11 is 6.28. The van der Waals surface area contributed by atoms with Crippen molar-refractivity contribution in [3.8, 4) is 0 Å². The molecule has 0 saturated carbocycles. The van der Waals surface area contributed by atoms with Crippen LogP contribution in [0.5, 0.6) is 0 Å². The highest BCUT2D eigenvalue weighted by Gasteiger charge is 2.65. The van der Waals surface area contributed by atoms with E-state index >= 15 is 0 Å². The van der Waals surface area contributed by atoms with Gasteiger partial charge >= 0.3 is 0 Å². The Morgan fingerprint density at radius 1 is 0.829 bits per heavy atom. The van der Waals surface area contributed by atoms with Crippen LogP contribution < -0.4 is 10.3 Å². The molecule has 7 rings (SSSR count). The molecule has 0 aliphatic carbocycles. The Kier molecular flexibility index (Phi) is 5.66. The lowest BCUT2D eigenvalue weighted by atomic mass is 9.83. The van der Waals surface area contributed by atoms with E-state index in [2.05, 4.69) is 0 Å². The van der Waals surface area contributed by atoms with E-state index in [-0.39, 0.29) is 41.3 Å². The summed E-state index contributed by atoms with van der Waals surface area (Å²) < 4.78 is 6.14. The number of benzene rings is 4. The smallest absolute Gasteiger partial charge is 0.291 e. The molecule has 0 radical (unpaired) electrons. The van der Waals surface area contributed by atoms with Crippen LogP contribution in [-0.2, 0) is 23.4 Å². The zero-order chi connectivity index (χ0) is 28.5. The fourth-order valence-corrected chi connectivity index (χ4v) is 6.35. The third-order valence-electron chi connectivity index (χ3n) is 8.25. The summed E-state index contributed by atoms with van der Waals surface area (Å²) in [4.78, 5) is 46.7. The van der Waals surface area contributed by atoms with Crippen LogP contribution in [0.4, 0.5) is 5.69 Å². The molecule has 41 heavy (non-hydrogen) atoms. The highest BCUT2D eigenvalue weighted by atomic mass is 35.5. The maximum atomic E-state index is 14.9. The predicted molar refractivity (Wildman–Crippen MR) is 158 cm³/mol. The van der Waals surface area contributed by atoms with Gasteiger partial charge in [-0.3, -0.25) is 14.4 Å². The molecule has 1 atom stereocenters. The minimum absolute atomic E-state index is 0.0362. The molecule has 7 heteroatoms. The van der Waals surface area contributed by atoms with Crippen molar-refractivity contribution in [2.45, 2.75) is 32.5 Å². The highest BCUT2D eigenvalue weighted by molar-refractivity contribution is 6.31. The molecular formula is C34H25ClN2O4. The predicted octanol–water partition coefficient (Wildman–Crippen LogP) is 6.51. The van der Waals surface area contributed by atoms with Crippen molar-refractivity contribution >= 4 is 40.1 Å². The summed E-state index contributed by atoms with van der Waals surface area (Å²) in [6.45, 7) is 4.39. The Morgan fingerprint density at radius 3 is 2.34 bits per heavy atom. The minimum atomic E-state index is -1.70. The third kappa shape index (κ3) is 3.60. The number of nitrogens with zero attached hydrogens (tertiary/aromatic N) is 2. The van der Waals surface area contributed by atoms with Crippen molar-refractivity contribution in [1.82, 2.24) is 4.90 Å². The minimum Gasteiger partial charge on any atom is -0.450 e. The molecule has 2 aliphatic heterocycles. The van der Waals surface area contributed by atoms with E-state index in [1.165, 1.54) is 11.0 Å². The first-order valence-electron chi connectivity index (χ1n) is 13.4. The zero-order valence-corrected chi connectivity index (χ0v) is 23.2. The molecule has 0 saturated heterocycles. The number of carbonyl (C=O) groups excluding carboxylic acids is 2. The fraction of sp³-hybridized carbons (Fsp3) is 0.147. The van der Waals surface area contributed by atoms with E-state index in [0.717, 1.165) is 22.3 Å². The van der Waals surface area contributed by atoms with Gasteiger partial charge in [-0.1, -0.05) is 83.9 Å². The first kappa shape index (κ1) is 25.3. The summed E-state index contributed by atoms with van der Waals surface area (Å²) in [5, 5.41) is 0.585. The van der Waals surface area contributed by atoms with Gasteiger partial charge in [-0.15, -0.1) is 0 Å². The van der Waals surface area contributed by atoms with Gasteiger partial charge in [-0.25, -0.2) is 0 Å². The number of aryl methyl sites for hydroxylation is 2. The van der Waals surface area contributed by atoms with Crippen LogP contribution >= 0.6 is 11.6 Å². The number of para-hydroxylation sites is 1. The van der Waals surface area contributed by atoms with Crippen molar-refractivity contribution in [2.75, 3.05) is 4.90 Å². The summed E-state index contributed by atoms with van der Waals surface area (Å²) in [6.07, 6.45) is 0. The second kappa shape index (κ2) is 9.18. The van der Waals surface area contributed by atoms with Gasteiger partial charge in [-0.2, -0.15) is 0 Å². The van der Waals surface area contributed by atoms with Crippen LogP contribution in [0.2, 0.25) is 5.02 Å². The molecule has 0 N–H and O–H groups in total. The SMILES string of the molecule is Cc1ccc(CN2C(=O)c3oc4ccc(Cl)cc4c(=O)c3C23C(=O)N(Cc2ccccc2C)c2ccccc23)cc1. The van der Waals surface area contributed by atoms with Gasteiger partial charge < -0.3 is 14.2 Å². The maximum Gasteiger partial charge on any atom is 0.291 e. The molecule has 3 heterocycles. The topological polar surface area (TPSA) is 70.8 Å². The van der Waals surface area contributed by atoms with Gasteiger partial charge in [-0.05, 0) is 54.8 Å². The van der Waals surface area contributed by atoms with Gasteiger partial charge in [0.25, 0.3) is 11.8 Å². The van der Waals surface area contributed by atoms with Crippen molar-refractivity contribution < 1.29 is 14.0 Å². The molecule has 4 aromatic carbocycles. The number of anilines is 1. The van der Waals surface area contributed by atoms with Crippen LogP contribution in [0, 0.1) is 13.8 Å². The molecule has 2 aliphatic rings. The molecule has 1 unspecified atom stereocenters. The van der Waals surface area contributed by atoms with Crippen molar-refractivity contribution in [2.24, 2.45) is 0 Å². The number of fused-ring (bicyclic) bond motifs is 5. The first-order valence-corrected chi connectivity index (χ1v) is 13.8. The maximum absolute atomic E-state index is 14.9. The molecule has 1 spiro atoms. The number of halogens is 1. The summed E-state index contributed by atoms with van der Waals surface area (Å²) in [5.41, 5.74) is 3.29. The van der Waals surface area contributed by atoms with E-state index in [1.54, 1.807) is 17.0 Å². The number of amides is 2. The number of hydrogen-bond donors (Lipinski definition) is 0. The largest absolute Gasteiger partial charge is 0.450 e. The Bertz CT molecular complexity index is 1960. The molecule has 0 bridgehead atoms. The lowest BCUT2D eigenvalue weighted by molar-refractivity contribution is -0.126. The lowest BCUT2D eigenvalue weighted by Crippen LogP contribution is -2.53. The lowest BCUT2D eigenvalue weighted by Gasteiger charge is -2.34. The third-order valence-corrected chi connectivity index (χ3v) is 8.48. The van der Waals surface area contributed by atoms with Gasteiger partial charge in [0.2, 0.25) is 5.76 Å². The average molecular weight is 561 g/mol. The Morgan fingerprint density at radius 2 is 1.56 bits per heavy atom. The number of rotatable bonds is 4. The van der Waals surface area contributed by atoms with Crippen molar-refractivity contribution in [3.05, 3.63) is 145 Å². The van der Waals surface area contributed by atoms with E-state index in [0.29, 0.717) is 16.3 Å². The number of carbonyl (C=O) groups is 2. The quantitative estimate of drug-likeness (QED) is 0.251. The Labute approximate surface area is 241 Å². The van der Waals surface area contributed by atoms with Gasteiger partial charge in [0.1, 0.15) is 5.58 Å².